The van der Waals surface area contributed by atoms with Gasteiger partial charge in [-0.15, -0.1) is 24.0 Å². The van der Waals surface area contributed by atoms with Crippen LogP contribution in [0.2, 0.25) is 0 Å². The summed E-state index contributed by atoms with van der Waals surface area (Å²) in [6.45, 7) is 13.5. The molecule has 0 aromatic heterocycles. The fourth-order valence-electron chi connectivity index (χ4n) is 3.03. The molecule has 5 nitrogen and oxygen atoms in total. The van der Waals surface area contributed by atoms with Crippen molar-refractivity contribution >= 4 is 41.7 Å². The molecule has 0 aromatic rings. The number of hydrogen-bond acceptors (Lipinski definition) is 4. The zero-order valence-corrected chi connectivity index (χ0v) is 17.9. The quantitative estimate of drug-likeness (QED) is 0.375. The topological polar surface area (TPSA) is 51.1 Å². The minimum atomic E-state index is -0.592. The number of nitrogens with zero attached hydrogens (tertiary/aromatic N) is 3. The average Bonchev–Trinajstić information content (AvgIpc) is 2.91. The van der Waals surface area contributed by atoms with Gasteiger partial charge >= 0.3 is 0 Å². The summed E-state index contributed by atoms with van der Waals surface area (Å²) in [7, 11) is 0. The second kappa shape index (κ2) is 10.3. The lowest BCUT2D eigenvalue weighted by atomic mass is 10.0. The van der Waals surface area contributed by atoms with Crippen LogP contribution >= 0.6 is 35.7 Å². The Bertz CT molecular complexity index is 367. The molecule has 0 saturated carbocycles. The predicted molar refractivity (Wildman–Crippen MR) is 111 cm³/mol. The number of aliphatic hydroxyl groups is 1. The Morgan fingerprint density at radius 1 is 1.30 bits per heavy atom. The number of guanidine groups is 1. The molecule has 2 aliphatic heterocycles. The van der Waals surface area contributed by atoms with Crippen molar-refractivity contribution < 1.29 is 5.11 Å². The second-order valence-corrected chi connectivity index (χ2v) is 7.98. The standard InChI is InChI=1S/C16H32N4OS.HI/c1-4-17-15(18-12-16(21)5-10-22-13-16)20-8-6-19(7-9-20)11-14(2)3;/h14,21H,4-13H2,1-3H3,(H,17,18);1H. The Balaban J connectivity index is 0.00000264. The van der Waals surface area contributed by atoms with E-state index in [9.17, 15) is 5.11 Å². The van der Waals surface area contributed by atoms with Gasteiger partial charge in [-0.3, -0.25) is 9.89 Å². The summed E-state index contributed by atoms with van der Waals surface area (Å²) in [4.78, 5) is 9.60. The molecule has 136 valence electrons. The molecule has 2 aliphatic rings. The van der Waals surface area contributed by atoms with Crippen LogP contribution in [-0.4, -0.2) is 83.8 Å². The Kier molecular flexibility index (Phi) is 9.55. The zero-order valence-electron chi connectivity index (χ0n) is 14.8. The summed E-state index contributed by atoms with van der Waals surface area (Å²) in [5.74, 6) is 3.56. The van der Waals surface area contributed by atoms with E-state index in [0.29, 0.717) is 6.54 Å². The lowest BCUT2D eigenvalue weighted by Gasteiger charge is -2.37. The third kappa shape index (κ3) is 6.96. The molecular weight excluding hydrogens is 423 g/mol. The van der Waals surface area contributed by atoms with Crippen molar-refractivity contribution in [1.82, 2.24) is 15.1 Å². The molecule has 23 heavy (non-hydrogen) atoms. The van der Waals surface area contributed by atoms with Crippen molar-refractivity contribution in [2.45, 2.75) is 32.8 Å². The van der Waals surface area contributed by atoms with E-state index in [1.54, 1.807) is 0 Å². The van der Waals surface area contributed by atoms with Gasteiger partial charge < -0.3 is 15.3 Å². The van der Waals surface area contributed by atoms with Crippen molar-refractivity contribution in [1.29, 1.82) is 0 Å². The van der Waals surface area contributed by atoms with Crippen molar-refractivity contribution in [3.05, 3.63) is 0 Å². The van der Waals surface area contributed by atoms with Gasteiger partial charge in [-0.1, -0.05) is 13.8 Å². The van der Waals surface area contributed by atoms with Gasteiger partial charge in [-0.2, -0.15) is 11.8 Å². The van der Waals surface area contributed by atoms with E-state index in [0.717, 1.165) is 62.5 Å². The number of halogens is 1. The summed E-state index contributed by atoms with van der Waals surface area (Å²) in [6, 6.07) is 0. The molecule has 2 rings (SSSR count). The Morgan fingerprint density at radius 2 is 2.00 bits per heavy atom. The lowest BCUT2D eigenvalue weighted by Crippen LogP contribution is -2.53. The Hall–Kier alpha value is 0.270. The first-order valence-electron chi connectivity index (χ1n) is 8.58. The first-order chi connectivity index (χ1) is 10.5. The number of nitrogens with one attached hydrogen (secondary N) is 1. The second-order valence-electron chi connectivity index (χ2n) is 6.88. The predicted octanol–water partition coefficient (Wildman–Crippen LogP) is 1.71. The number of thioether (sulfide) groups is 1. The van der Waals surface area contributed by atoms with Gasteiger partial charge in [0.1, 0.15) is 0 Å². The van der Waals surface area contributed by atoms with Crippen molar-refractivity contribution in [3.63, 3.8) is 0 Å². The van der Waals surface area contributed by atoms with Crippen LogP contribution in [0.1, 0.15) is 27.2 Å². The van der Waals surface area contributed by atoms with Crippen LogP contribution in [0.3, 0.4) is 0 Å². The molecule has 0 aromatic carbocycles. The van der Waals surface area contributed by atoms with Crippen LogP contribution in [0, 0.1) is 5.92 Å². The average molecular weight is 456 g/mol. The lowest BCUT2D eigenvalue weighted by molar-refractivity contribution is 0.0772. The minimum Gasteiger partial charge on any atom is -0.387 e. The number of rotatable bonds is 5. The molecule has 2 heterocycles. The summed E-state index contributed by atoms with van der Waals surface area (Å²) in [6.07, 6.45) is 0.864. The molecular formula is C16H33IN4OS. The maximum Gasteiger partial charge on any atom is 0.194 e. The van der Waals surface area contributed by atoms with E-state index < -0.39 is 5.60 Å². The largest absolute Gasteiger partial charge is 0.387 e. The molecule has 0 radical (unpaired) electrons. The maximum absolute atomic E-state index is 10.5. The SMILES string of the molecule is CCNC(=NCC1(O)CCSC1)N1CCN(CC(C)C)CC1.I. The van der Waals surface area contributed by atoms with Crippen LogP contribution < -0.4 is 5.32 Å². The molecule has 0 aliphatic carbocycles. The monoisotopic (exact) mass is 456 g/mol. The van der Waals surface area contributed by atoms with Crippen LogP contribution in [0.15, 0.2) is 4.99 Å². The summed E-state index contributed by atoms with van der Waals surface area (Å²) in [5.41, 5.74) is -0.592. The maximum atomic E-state index is 10.5. The first kappa shape index (κ1) is 21.3. The molecule has 0 bridgehead atoms. The highest BCUT2D eigenvalue weighted by Gasteiger charge is 2.32. The number of aliphatic imine (C=N–C) groups is 1. The van der Waals surface area contributed by atoms with Gasteiger partial charge in [0.05, 0.1) is 12.1 Å². The van der Waals surface area contributed by atoms with E-state index in [2.05, 4.69) is 35.9 Å². The summed E-state index contributed by atoms with van der Waals surface area (Å²) in [5, 5.41) is 13.9. The normalized spacial score (nSPS) is 26.5. The van der Waals surface area contributed by atoms with Gasteiger partial charge in [0, 0.05) is 45.0 Å². The van der Waals surface area contributed by atoms with E-state index in [1.165, 1.54) is 6.54 Å². The van der Waals surface area contributed by atoms with E-state index >= 15 is 0 Å². The Morgan fingerprint density at radius 3 is 2.52 bits per heavy atom. The molecule has 1 unspecified atom stereocenters. The number of hydrogen-bond donors (Lipinski definition) is 2. The highest BCUT2D eigenvalue weighted by Crippen LogP contribution is 2.27. The molecule has 0 amide bonds. The van der Waals surface area contributed by atoms with Gasteiger partial charge in [-0.25, -0.2) is 0 Å². The van der Waals surface area contributed by atoms with Crippen LogP contribution in [0.5, 0.6) is 0 Å². The summed E-state index contributed by atoms with van der Waals surface area (Å²) < 4.78 is 0. The smallest absolute Gasteiger partial charge is 0.194 e. The third-order valence-electron chi connectivity index (χ3n) is 4.24. The molecule has 7 heteroatoms. The van der Waals surface area contributed by atoms with Crippen molar-refractivity contribution in [3.8, 4) is 0 Å². The summed E-state index contributed by atoms with van der Waals surface area (Å²) >= 11 is 1.83. The zero-order chi connectivity index (χ0) is 16.0. The fourth-order valence-corrected chi connectivity index (χ4v) is 4.31. The molecule has 2 N–H and O–H groups in total. The first-order valence-corrected chi connectivity index (χ1v) is 9.73. The van der Waals surface area contributed by atoms with Gasteiger partial charge in [0.2, 0.25) is 0 Å². The third-order valence-corrected chi connectivity index (χ3v) is 5.47. The van der Waals surface area contributed by atoms with Crippen molar-refractivity contribution in [2.24, 2.45) is 10.9 Å². The van der Waals surface area contributed by atoms with Gasteiger partial charge in [-0.05, 0) is 25.0 Å². The van der Waals surface area contributed by atoms with Crippen LogP contribution in [-0.2, 0) is 0 Å². The van der Waals surface area contributed by atoms with Gasteiger partial charge in [0.15, 0.2) is 5.96 Å². The van der Waals surface area contributed by atoms with E-state index in [-0.39, 0.29) is 24.0 Å². The van der Waals surface area contributed by atoms with E-state index in [1.807, 2.05) is 11.8 Å². The fraction of sp³-hybridized carbons (Fsp3) is 0.938. The molecule has 1 atom stereocenters. The molecule has 2 fully saturated rings. The van der Waals surface area contributed by atoms with Crippen LogP contribution in [0.4, 0.5) is 0 Å². The highest BCUT2D eigenvalue weighted by atomic mass is 127. The Labute approximate surface area is 162 Å². The van der Waals surface area contributed by atoms with Crippen molar-refractivity contribution in [2.75, 3.05) is 57.3 Å². The molecule has 0 spiro atoms. The van der Waals surface area contributed by atoms with Gasteiger partial charge in [0.25, 0.3) is 0 Å². The minimum absolute atomic E-state index is 0. The van der Waals surface area contributed by atoms with Crippen LogP contribution in [0.25, 0.3) is 0 Å². The number of piperazine rings is 1. The van der Waals surface area contributed by atoms with E-state index in [4.69, 9.17) is 4.99 Å². The molecule has 2 saturated heterocycles. The highest BCUT2D eigenvalue weighted by molar-refractivity contribution is 14.0.